The van der Waals surface area contributed by atoms with E-state index in [4.69, 9.17) is 0 Å². The molecule has 0 aliphatic rings. The van der Waals surface area contributed by atoms with Crippen molar-refractivity contribution in [1.82, 2.24) is 0 Å². The second kappa shape index (κ2) is 5.87. The second-order valence-electron chi connectivity index (χ2n) is 4.13. The number of halogens is 4. The quantitative estimate of drug-likeness (QED) is 0.755. The smallest absolute Gasteiger partial charge is 0.298 e. The van der Waals surface area contributed by atoms with Gasteiger partial charge in [0.1, 0.15) is 5.78 Å². The molecule has 0 aliphatic heterocycles. The van der Waals surface area contributed by atoms with Crippen LogP contribution in [0.4, 0.5) is 13.2 Å². The van der Waals surface area contributed by atoms with Gasteiger partial charge in [-0.15, -0.1) is 0 Å². The molecule has 1 nitrogen and oxygen atoms in total. The lowest BCUT2D eigenvalue weighted by Crippen LogP contribution is -2.16. The molecule has 0 bridgehead atoms. The van der Waals surface area contributed by atoms with Crippen LogP contribution >= 0.6 is 15.9 Å². The van der Waals surface area contributed by atoms with Crippen LogP contribution < -0.4 is 0 Å². The lowest BCUT2D eigenvalue weighted by Gasteiger charge is -2.13. The minimum Gasteiger partial charge on any atom is -0.298 e. The van der Waals surface area contributed by atoms with E-state index in [1.807, 2.05) is 0 Å². The number of benzene rings is 1. The van der Waals surface area contributed by atoms with Gasteiger partial charge < -0.3 is 0 Å². The molecule has 0 fully saturated rings. The number of carbonyl (C=O) groups excluding carboxylic acids is 1. The summed E-state index contributed by atoms with van der Waals surface area (Å²) in [6.45, 7) is 3.47. The minimum atomic E-state index is -4.35. The molecule has 0 radical (unpaired) electrons. The molecule has 0 N–H and O–H groups in total. The Labute approximate surface area is 113 Å². The van der Waals surface area contributed by atoms with E-state index in [2.05, 4.69) is 15.9 Å². The number of Topliss-reactive ketones (excluding diaryl/α,β-unsaturated/α-hetero) is 1. The lowest BCUT2D eigenvalue weighted by atomic mass is 9.99. The van der Waals surface area contributed by atoms with Gasteiger partial charge in [-0.1, -0.05) is 28.9 Å². The molecular weight excluding hydrogens is 309 g/mol. The van der Waals surface area contributed by atoms with Crippen LogP contribution in [-0.2, 0) is 17.4 Å². The summed E-state index contributed by atoms with van der Waals surface area (Å²) >= 11 is 3.22. The summed E-state index contributed by atoms with van der Waals surface area (Å²) < 4.78 is 37.7. The first kappa shape index (κ1) is 15.2. The normalized spacial score (nSPS) is 13.4. The third kappa shape index (κ3) is 3.83. The fraction of sp³-hybridized carbons (Fsp3) is 0.462. The molecule has 0 amide bonds. The first-order chi connectivity index (χ1) is 8.25. The number of alkyl halides is 4. The maximum atomic E-state index is 12.6. The van der Waals surface area contributed by atoms with Crippen LogP contribution in [0.3, 0.4) is 0 Å². The Kier molecular flexibility index (Phi) is 4.96. The molecule has 0 saturated heterocycles. The average molecular weight is 323 g/mol. The molecule has 1 rings (SSSR count). The van der Waals surface area contributed by atoms with E-state index in [0.29, 0.717) is 12.0 Å². The maximum absolute atomic E-state index is 12.6. The fourth-order valence-corrected chi connectivity index (χ4v) is 2.27. The van der Waals surface area contributed by atoms with E-state index in [1.165, 1.54) is 6.07 Å². The monoisotopic (exact) mass is 322 g/mol. The fourth-order valence-electron chi connectivity index (χ4n) is 1.60. The van der Waals surface area contributed by atoms with Crippen LogP contribution in [0.15, 0.2) is 18.2 Å². The molecular formula is C13H14BrF3O. The van der Waals surface area contributed by atoms with E-state index in [9.17, 15) is 18.0 Å². The number of hydrogen-bond acceptors (Lipinski definition) is 1. The Hall–Kier alpha value is -0.840. The molecule has 1 aromatic carbocycles. The van der Waals surface area contributed by atoms with E-state index < -0.39 is 16.6 Å². The van der Waals surface area contributed by atoms with E-state index >= 15 is 0 Å². The van der Waals surface area contributed by atoms with Crippen molar-refractivity contribution in [3.05, 3.63) is 34.9 Å². The Bertz CT molecular complexity index is 440. The molecule has 5 heteroatoms. The predicted octanol–water partition coefficient (Wildman–Crippen LogP) is 4.30. The molecule has 0 aromatic heterocycles. The van der Waals surface area contributed by atoms with Crippen molar-refractivity contribution in [3.63, 3.8) is 0 Å². The summed E-state index contributed by atoms with van der Waals surface area (Å²) in [6.07, 6.45) is -3.70. The molecule has 100 valence electrons. The van der Waals surface area contributed by atoms with Crippen LogP contribution in [0.25, 0.3) is 0 Å². The van der Waals surface area contributed by atoms with Crippen LogP contribution in [0.1, 0.15) is 30.0 Å². The standard InChI is InChI=1S/C13H14BrF3O/c1-3-12(18)11(14)7-9-6-10(13(15,16)17)5-4-8(9)2/h4-6,11H,3,7H2,1-2H3. The third-order valence-electron chi connectivity index (χ3n) is 2.77. The van der Waals surface area contributed by atoms with Gasteiger partial charge in [-0.3, -0.25) is 4.79 Å². The van der Waals surface area contributed by atoms with Crippen LogP contribution in [0.2, 0.25) is 0 Å². The van der Waals surface area contributed by atoms with E-state index in [0.717, 1.165) is 17.7 Å². The van der Waals surface area contributed by atoms with Crippen molar-refractivity contribution in [2.45, 2.75) is 37.7 Å². The minimum absolute atomic E-state index is 0.00758. The number of rotatable bonds is 4. The van der Waals surface area contributed by atoms with Gasteiger partial charge >= 0.3 is 6.18 Å². The first-order valence-electron chi connectivity index (χ1n) is 5.59. The summed E-state index contributed by atoms with van der Waals surface area (Å²) in [5.74, 6) is -0.00758. The van der Waals surface area contributed by atoms with Gasteiger partial charge in [0.05, 0.1) is 10.4 Å². The molecule has 0 spiro atoms. The average Bonchev–Trinajstić information content (AvgIpc) is 2.29. The van der Waals surface area contributed by atoms with E-state index in [1.54, 1.807) is 13.8 Å². The van der Waals surface area contributed by atoms with Crippen LogP contribution in [-0.4, -0.2) is 10.6 Å². The van der Waals surface area contributed by atoms with Crippen molar-refractivity contribution in [2.24, 2.45) is 0 Å². The molecule has 0 heterocycles. The molecule has 0 aliphatic carbocycles. The van der Waals surface area contributed by atoms with Gasteiger partial charge in [0.2, 0.25) is 0 Å². The Morgan fingerprint density at radius 3 is 2.50 bits per heavy atom. The second-order valence-corrected chi connectivity index (χ2v) is 5.24. The van der Waals surface area contributed by atoms with Gasteiger partial charge in [0, 0.05) is 6.42 Å². The van der Waals surface area contributed by atoms with Crippen molar-refractivity contribution in [2.75, 3.05) is 0 Å². The maximum Gasteiger partial charge on any atom is 0.416 e. The van der Waals surface area contributed by atoms with Crippen molar-refractivity contribution in [1.29, 1.82) is 0 Å². The molecule has 1 unspecified atom stereocenters. The Balaban J connectivity index is 2.98. The molecule has 1 atom stereocenters. The van der Waals surface area contributed by atoms with Crippen molar-refractivity contribution < 1.29 is 18.0 Å². The highest BCUT2D eigenvalue weighted by atomic mass is 79.9. The summed E-state index contributed by atoms with van der Waals surface area (Å²) in [6, 6.07) is 3.62. The zero-order chi connectivity index (χ0) is 13.9. The van der Waals surface area contributed by atoms with E-state index in [-0.39, 0.29) is 12.2 Å². The van der Waals surface area contributed by atoms with Crippen molar-refractivity contribution >= 4 is 21.7 Å². The first-order valence-corrected chi connectivity index (χ1v) is 6.50. The SMILES string of the molecule is CCC(=O)C(Br)Cc1cc(C(F)(F)F)ccc1C. The topological polar surface area (TPSA) is 17.1 Å². The van der Waals surface area contributed by atoms with Crippen LogP contribution in [0.5, 0.6) is 0 Å². The predicted molar refractivity (Wildman–Crippen MR) is 67.9 cm³/mol. The van der Waals surface area contributed by atoms with Crippen LogP contribution in [0, 0.1) is 6.92 Å². The summed E-state index contributed by atoms with van der Waals surface area (Å²) in [7, 11) is 0. The van der Waals surface area contributed by atoms with Gasteiger partial charge in [-0.25, -0.2) is 0 Å². The lowest BCUT2D eigenvalue weighted by molar-refractivity contribution is -0.137. The highest BCUT2D eigenvalue weighted by Gasteiger charge is 2.31. The van der Waals surface area contributed by atoms with Gasteiger partial charge in [-0.05, 0) is 36.6 Å². The number of hydrogen-bond donors (Lipinski definition) is 0. The van der Waals surface area contributed by atoms with Gasteiger partial charge in [0.25, 0.3) is 0 Å². The zero-order valence-corrected chi connectivity index (χ0v) is 11.7. The summed E-state index contributed by atoms with van der Waals surface area (Å²) in [5.41, 5.74) is 0.636. The highest BCUT2D eigenvalue weighted by Crippen LogP contribution is 2.31. The molecule has 1 aromatic rings. The molecule has 0 saturated carbocycles. The van der Waals surface area contributed by atoms with Gasteiger partial charge in [0.15, 0.2) is 0 Å². The van der Waals surface area contributed by atoms with Crippen molar-refractivity contribution in [3.8, 4) is 0 Å². The number of carbonyl (C=O) groups is 1. The summed E-state index contributed by atoms with van der Waals surface area (Å²) in [5, 5.41) is 0. The largest absolute Gasteiger partial charge is 0.416 e. The highest BCUT2D eigenvalue weighted by molar-refractivity contribution is 9.10. The third-order valence-corrected chi connectivity index (χ3v) is 3.61. The summed E-state index contributed by atoms with van der Waals surface area (Å²) in [4.78, 5) is 11.0. The zero-order valence-electron chi connectivity index (χ0n) is 10.1. The Morgan fingerprint density at radius 1 is 1.39 bits per heavy atom. The Morgan fingerprint density at radius 2 is 2.00 bits per heavy atom. The number of aryl methyl sites for hydroxylation is 1. The molecule has 18 heavy (non-hydrogen) atoms. The number of ketones is 1. The van der Waals surface area contributed by atoms with Gasteiger partial charge in [-0.2, -0.15) is 13.2 Å².